The maximum atomic E-state index is 12.5. The molecule has 0 atom stereocenters. The molecule has 2 aromatic rings. The Hall–Kier alpha value is -2.63. The van der Waals surface area contributed by atoms with E-state index in [1.165, 1.54) is 10.6 Å². The Kier molecular flexibility index (Phi) is 5.40. The summed E-state index contributed by atoms with van der Waals surface area (Å²) in [7, 11) is 0. The Labute approximate surface area is 153 Å². The average molecular weight is 354 g/mol. The summed E-state index contributed by atoms with van der Waals surface area (Å²) in [5.41, 5.74) is 2.29. The Bertz CT molecular complexity index is 851. The minimum atomic E-state index is -0.227. The molecule has 1 aliphatic rings. The maximum absolute atomic E-state index is 12.5. The van der Waals surface area contributed by atoms with Crippen molar-refractivity contribution < 1.29 is 4.79 Å². The third-order valence-electron chi connectivity index (χ3n) is 4.79. The highest BCUT2D eigenvalue weighted by atomic mass is 16.2. The maximum Gasteiger partial charge on any atom is 0.255 e. The van der Waals surface area contributed by atoms with Crippen LogP contribution in [0.25, 0.3) is 0 Å². The number of anilines is 2. The van der Waals surface area contributed by atoms with Gasteiger partial charge < -0.3 is 10.2 Å². The van der Waals surface area contributed by atoms with Gasteiger partial charge in [-0.05, 0) is 50.3 Å². The molecule has 0 bridgehead atoms. The predicted octanol–water partition coefficient (Wildman–Crippen LogP) is 2.74. The highest BCUT2D eigenvalue weighted by Crippen LogP contribution is 2.21. The van der Waals surface area contributed by atoms with Crippen molar-refractivity contribution in [2.45, 2.75) is 40.2 Å². The molecule has 0 spiro atoms. The van der Waals surface area contributed by atoms with E-state index >= 15 is 0 Å². The van der Waals surface area contributed by atoms with Gasteiger partial charge in [0, 0.05) is 30.5 Å². The van der Waals surface area contributed by atoms with Gasteiger partial charge in [-0.2, -0.15) is 0 Å². The first-order valence-electron chi connectivity index (χ1n) is 9.12. The van der Waals surface area contributed by atoms with E-state index in [2.05, 4.69) is 22.1 Å². The van der Waals surface area contributed by atoms with Gasteiger partial charge in [-0.3, -0.25) is 14.2 Å². The van der Waals surface area contributed by atoms with Gasteiger partial charge in [0.25, 0.3) is 5.56 Å². The summed E-state index contributed by atoms with van der Waals surface area (Å²) in [5.74, 6) is 1.05. The van der Waals surface area contributed by atoms with Crippen LogP contribution >= 0.6 is 0 Å². The topological polar surface area (TPSA) is 67.2 Å². The van der Waals surface area contributed by atoms with Crippen molar-refractivity contribution in [1.82, 2.24) is 9.55 Å². The van der Waals surface area contributed by atoms with Crippen LogP contribution in [0.1, 0.15) is 31.0 Å². The van der Waals surface area contributed by atoms with Crippen LogP contribution < -0.4 is 15.8 Å². The first kappa shape index (κ1) is 18.2. The second-order valence-corrected chi connectivity index (χ2v) is 7.21. The fourth-order valence-electron chi connectivity index (χ4n) is 3.27. The molecule has 6 heteroatoms. The van der Waals surface area contributed by atoms with E-state index < -0.39 is 0 Å². The minimum Gasteiger partial charge on any atom is -0.342 e. The van der Waals surface area contributed by atoms with Gasteiger partial charge in [0.2, 0.25) is 11.9 Å². The smallest absolute Gasteiger partial charge is 0.255 e. The minimum absolute atomic E-state index is 0.0402. The number of nitrogens with one attached hydrogen (secondary N) is 1. The molecule has 6 nitrogen and oxygen atoms in total. The van der Waals surface area contributed by atoms with Crippen LogP contribution in [0, 0.1) is 19.8 Å². The molecule has 0 aliphatic carbocycles. The molecular formula is C20H26N4O2. The molecule has 1 fully saturated rings. The van der Waals surface area contributed by atoms with Gasteiger partial charge >= 0.3 is 0 Å². The van der Waals surface area contributed by atoms with Crippen LogP contribution in [-0.4, -0.2) is 28.5 Å². The van der Waals surface area contributed by atoms with Crippen LogP contribution in [0.15, 0.2) is 35.1 Å². The van der Waals surface area contributed by atoms with Gasteiger partial charge in [0.1, 0.15) is 6.54 Å². The van der Waals surface area contributed by atoms with E-state index in [-0.39, 0.29) is 18.0 Å². The van der Waals surface area contributed by atoms with Crippen molar-refractivity contribution in [3.05, 3.63) is 51.9 Å². The van der Waals surface area contributed by atoms with Gasteiger partial charge in [-0.15, -0.1) is 0 Å². The Morgan fingerprint density at radius 1 is 1.23 bits per heavy atom. The van der Waals surface area contributed by atoms with Crippen LogP contribution in [0.2, 0.25) is 0 Å². The fourth-order valence-corrected chi connectivity index (χ4v) is 3.27. The number of aryl methyl sites for hydroxylation is 2. The number of piperidine rings is 1. The number of benzene rings is 1. The molecule has 1 aromatic carbocycles. The number of carbonyl (C=O) groups excluding carboxylic acids is 1. The van der Waals surface area contributed by atoms with Crippen LogP contribution in [0.5, 0.6) is 0 Å². The SMILES string of the molecule is Cc1cccc(NC(=O)Cn2c(N3CCC(C)CC3)nc(C)cc2=O)c1. The summed E-state index contributed by atoms with van der Waals surface area (Å²) >= 11 is 0. The van der Waals surface area contributed by atoms with Crippen molar-refractivity contribution in [1.29, 1.82) is 0 Å². The van der Waals surface area contributed by atoms with Crippen LogP contribution in [0.4, 0.5) is 11.6 Å². The summed E-state index contributed by atoms with van der Waals surface area (Å²) in [6, 6.07) is 9.09. The Morgan fingerprint density at radius 3 is 2.65 bits per heavy atom. The summed E-state index contributed by atoms with van der Waals surface area (Å²) in [5, 5.41) is 2.87. The van der Waals surface area contributed by atoms with Crippen molar-refractivity contribution in [2.24, 2.45) is 5.92 Å². The highest BCUT2D eigenvalue weighted by molar-refractivity contribution is 5.90. The first-order chi connectivity index (χ1) is 12.4. The molecule has 3 rings (SSSR count). The number of hydrogen-bond donors (Lipinski definition) is 1. The van der Waals surface area contributed by atoms with Gasteiger partial charge in [-0.1, -0.05) is 19.1 Å². The second kappa shape index (κ2) is 7.72. The lowest BCUT2D eigenvalue weighted by Crippen LogP contribution is -2.39. The van der Waals surface area contributed by atoms with Gasteiger partial charge in [0.05, 0.1) is 0 Å². The molecule has 0 radical (unpaired) electrons. The number of hydrogen-bond acceptors (Lipinski definition) is 4. The number of rotatable bonds is 4. The Morgan fingerprint density at radius 2 is 1.96 bits per heavy atom. The van der Waals surface area contributed by atoms with Crippen molar-refractivity contribution in [2.75, 3.05) is 23.3 Å². The molecule has 0 unspecified atom stereocenters. The number of nitrogens with zero attached hydrogens (tertiary/aromatic N) is 3. The molecule has 1 aromatic heterocycles. The lowest BCUT2D eigenvalue weighted by Gasteiger charge is -2.32. The molecule has 1 saturated heterocycles. The Balaban J connectivity index is 1.82. The number of aromatic nitrogens is 2. The normalized spacial score (nSPS) is 15.1. The first-order valence-corrected chi connectivity index (χ1v) is 9.12. The summed E-state index contributed by atoms with van der Waals surface area (Å²) in [4.78, 5) is 31.7. The largest absolute Gasteiger partial charge is 0.342 e. The van der Waals surface area contributed by atoms with Crippen LogP contribution in [0.3, 0.4) is 0 Å². The summed E-state index contributed by atoms with van der Waals surface area (Å²) < 4.78 is 1.48. The quantitative estimate of drug-likeness (QED) is 0.917. The molecule has 2 heterocycles. The lowest BCUT2D eigenvalue weighted by atomic mass is 10.00. The third kappa shape index (κ3) is 4.31. The van der Waals surface area contributed by atoms with Crippen molar-refractivity contribution in [3.8, 4) is 0 Å². The van der Waals surface area contributed by atoms with Gasteiger partial charge in [-0.25, -0.2) is 4.98 Å². The molecule has 1 amide bonds. The number of amides is 1. The monoisotopic (exact) mass is 354 g/mol. The summed E-state index contributed by atoms with van der Waals surface area (Å²) in [6.07, 6.45) is 2.14. The molecule has 138 valence electrons. The lowest BCUT2D eigenvalue weighted by molar-refractivity contribution is -0.116. The molecule has 1 aliphatic heterocycles. The second-order valence-electron chi connectivity index (χ2n) is 7.21. The van der Waals surface area contributed by atoms with Crippen molar-refractivity contribution >= 4 is 17.5 Å². The van der Waals surface area contributed by atoms with E-state index in [1.54, 1.807) is 0 Å². The van der Waals surface area contributed by atoms with E-state index in [0.29, 0.717) is 17.6 Å². The standard InChI is InChI=1S/C20H26N4O2/c1-14-7-9-23(10-8-14)20-21-16(3)12-19(26)24(20)13-18(25)22-17-6-4-5-15(2)11-17/h4-6,11-12,14H,7-10,13H2,1-3H3,(H,22,25). The van der Waals surface area contributed by atoms with Crippen LogP contribution in [-0.2, 0) is 11.3 Å². The zero-order valence-electron chi connectivity index (χ0n) is 15.7. The molecule has 0 saturated carbocycles. The zero-order chi connectivity index (χ0) is 18.7. The van der Waals surface area contributed by atoms with E-state index in [9.17, 15) is 9.59 Å². The summed E-state index contributed by atoms with van der Waals surface area (Å²) in [6.45, 7) is 7.70. The fraction of sp³-hybridized carbons (Fsp3) is 0.450. The van der Waals surface area contributed by atoms with E-state index in [1.807, 2.05) is 38.1 Å². The molecular weight excluding hydrogens is 328 g/mol. The highest BCUT2D eigenvalue weighted by Gasteiger charge is 2.21. The van der Waals surface area contributed by atoms with E-state index in [4.69, 9.17) is 0 Å². The average Bonchev–Trinajstić information content (AvgIpc) is 2.58. The van der Waals surface area contributed by atoms with E-state index in [0.717, 1.165) is 37.2 Å². The third-order valence-corrected chi connectivity index (χ3v) is 4.79. The van der Waals surface area contributed by atoms with Gasteiger partial charge in [0.15, 0.2) is 0 Å². The molecule has 26 heavy (non-hydrogen) atoms. The predicted molar refractivity (Wildman–Crippen MR) is 104 cm³/mol. The molecule has 1 N–H and O–H groups in total. The zero-order valence-corrected chi connectivity index (χ0v) is 15.7. The van der Waals surface area contributed by atoms with Crippen molar-refractivity contribution in [3.63, 3.8) is 0 Å². The number of carbonyl (C=O) groups is 1.